The minimum absolute atomic E-state index is 0.0260. The highest BCUT2D eigenvalue weighted by Crippen LogP contribution is 2.12. The quantitative estimate of drug-likeness (QED) is 0.765. The highest BCUT2D eigenvalue weighted by Gasteiger charge is 2.21. The summed E-state index contributed by atoms with van der Waals surface area (Å²) in [4.78, 5) is 34.0. The second-order valence-electron chi connectivity index (χ2n) is 3.99. The number of aliphatic carboxylic acids is 1. The van der Waals surface area contributed by atoms with E-state index in [1.807, 2.05) is 0 Å². The number of rotatable bonds is 6. The Hall–Kier alpha value is -1.89. The van der Waals surface area contributed by atoms with Crippen LogP contribution in [0.15, 0.2) is 28.7 Å². The van der Waals surface area contributed by atoms with Gasteiger partial charge in [-0.1, -0.05) is 22.0 Å². The van der Waals surface area contributed by atoms with Gasteiger partial charge in [0.05, 0.1) is 7.11 Å². The van der Waals surface area contributed by atoms with E-state index in [1.165, 1.54) is 7.11 Å². The van der Waals surface area contributed by atoms with Crippen molar-refractivity contribution in [3.05, 3.63) is 34.3 Å². The zero-order chi connectivity index (χ0) is 15.1. The molecule has 7 heteroatoms. The van der Waals surface area contributed by atoms with Gasteiger partial charge in [0.25, 0.3) is 5.91 Å². The summed E-state index contributed by atoms with van der Waals surface area (Å²) in [5, 5.41) is 11.4. The van der Waals surface area contributed by atoms with Crippen LogP contribution in [0.5, 0.6) is 0 Å². The molecule has 108 valence electrons. The van der Waals surface area contributed by atoms with E-state index in [4.69, 9.17) is 5.11 Å². The molecule has 1 aromatic rings. The van der Waals surface area contributed by atoms with Crippen LogP contribution in [-0.4, -0.2) is 36.1 Å². The molecule has 0 fully saturated rings. The van der Waals surface area contributed by atoms with Crippen LogP contribution in [-0.2, 0) is 14.3 Å². The number of amides is 1. The van der Waals surface area contributed by atoms with Crippen molar-refractivity contribution in [1.82, 2.24) is 5.32 Å². The fourth-order valence-electron chi connectivity index (χ4n) is 1.49. The van der Waals surface area contributed by atoms with E-state index < -0.39 is 23.9 Å². The molecule has 0 spiro atoms. The third-order valence-electron chi connectivity index (χ3n) is 2.56. The van der Waals surface area contributed by atoms with Crippen molar-refractivity contribution in [3.63, 3.8) is 0 Å². The van der Waals surface area contributed by atoms with Gasteiger partial charge in [0, 0.05) is 16.5 Å². The van der Waals surface area contributed by atoms with Crippen molar-refractivity contribution in [2.45, 2.75) is 18.9 Å². The fourth-order valence-corrected chi connectivity index (χ4v) is 1.89. The number of benzene rings is 1. The van der Waals surface area contributed by atoms with Gasteiger partial charge in [-0.15, -0.1) is 0 Å². The third-order valence-corrected chi connectivity index (χ3v) is 3.05. The van der Waals surface area contributed by atoms with Crippen LogP contribution < -0.4 is 5.32 Å². The lowest BCUT2D eigenvalue weighted by Crippen LogP contribution is -2.41. The summed E-state index contributed by atoms with van der Waals surface area (Å²) in [7, 11) is 1.22. The topological polar surface area (TPSA) is 92.7 Å². The summed E-state index contributed by atoms with van der Waals surface area (Å²) >= 11 is 3.23. The number of nitrogens with one attached hydrogen (secondary N) is 1. The van der Waals surface area contributed by atoms with Gasteiger partial charge in [0.1, 0.15) is 6.04 Å². The summed E-state index contributed by atoms with van der Waals surface area (Å²) in [6, 6.07) is 5.43. The van der Waals surface area contributed by atoms with Crippen LogP contribution in [0.3, 0.4) is 0 Å². The standard InChI is InChI=1S/C13H14BrNO5/c1-20-11(16)6-5-10(13(18)19)15-12(17)8-3-2-4-9(14)7-8/h2-4,7,10H,5-6H2,1H3,(H,15,17)(H,18,19)/t10-/m0/s1. The van der Waals surface area contributed by atoms with Crippen LogP contribution >= 0.6 is 15.9 Å². The molecule has 1 amide bonds. The summed E-state index contributed by atoms with van der Waals surface area (Å²) < 4.78 is 5.15. The Morgan fingerprint density at radius 2 is 2.10 bits per heavy atom. The van der Waals surface area contributed by atoms with Crippen molar-refractivity contribution in [1.29, 1.82) is 0 Å². The number of carbonyl (C=O) groups is 3. The molecule has 0 bridgehead atoms. The minimum atomic E-state index is -1.20. The largest absolute Gasteiger partial charge is 0.480 e. The number of ether oxygens (including phenoxy) is 1. The molecule has 0 saturated carbocycles. The average molecular weight is 344 g/mol. The highest BCUT2D eigenvalue weighted by molar-refractivity contribution is 9.10. The lowest BCUT2D eigenvalue weighted by molar-refractivity contribution is -0.142. The van der Waals surface area contributed by atoms with E-state index in [1.54, 1.807) is 24.3 Å². The number of carboxylic acid groups (broad SMARTS) is 1. The first kappa shape index (κ1) is 16.2. The van der Waals surface area contributed by atoms with E-state index in [0.29, 0.717) is 10.0 Å². The summed E-state index contributed by atoms with van der Waals surface area (Å²) in [5.41, 5.74) is 0.337. The molecule has 0 aliphatic carbocycles. The first-order valence-corrected chi connectivity index (χ1v) is 6.59. The Kier molecular flexibility index (Phi) is 6.17. The van der Waals surface area contributed by atoms with Crippen LogP contribution in [0.2, 0.25) is 0 Å². The molecule has 1 atom stereocenters. The number of esters is 1. The molecule has 6 nitrogen and oxygen atoms in total. The van der Waals surface area contributed by atoms with Gasteiger partial charge < -0.3 is 15.2 Å². The predicted octanol–water partition coefficient (Wildman–Crippen LogP) is 1.59. The number of hydrogen-bond donors (Lipinski definition) is 2. The zero-order valence-electron chi connectivity index (χ0n) is 10.8. The second-order valence-corrected chi connectivity index (χ2v) is 4.91. The van der Waals surface area contributed by atoms with Gasteiger partial charge in [-0.05, 0) is 24.6 Å². The van der Waals surface area contributed by atoms with Gasteiger partial charge in [0.15, 0.2) is 0 Å². The molecule has 1 aromatic carbocycles. The van der Waals surface area contributed by atoms with Gasteiger partial charge >= 0.3 is 11.9 Å². The summed E-state index contributed by atoms with van der Waals surface area (Å²) in [5.74, 6) is -2.23. The smallest absolute Gasteiger partial charge is 0.326 e. The third kappa shape index (κ3) is 5.00. The number of hydrogen-bond acceptors (Lipinski definition) is 4. The number of carbonyl (C=O) groups excluding carboxylic acids is 2. The van der Waals surface area contributed by atoms with Crippen LogP contribution in [0.4, 0.5) is 0 Å². The van der Waals surface area contributed by atoms with Gasteiger partial charge in [-0.3, -0.25) is 9.59 Å². The van der Waals surface area contributed by atoms with E-state index in [9.17, 15) is 14.4 Å². The first-order valence-electron chi connectivity index (χ1n) is 5.80. The molecule has 2 N–H and O–H groups in total. The second kappa shape index (κ2) is 7.64. The Bertz CT molecular complexity index is 517. The van der Waals surface area contributed by atoms with Crippen molar-refractivity contribution in [2.24, 2.45) is 0 Å². The van der Waals surface area contributed by atoms with Crippen molar-refractivity contribution < 1.29 is 24.2 Å². The predicted molar refractivity (Wildman–Crippen MR) is 74.3 cm³/mol. The van der Waals surface area contributed by atoms with E-state index >= 15 is 0 Å². The maximum atomic E-state index is 11.9. The number of methoxy groups -OCH3 is 1. The molecule has 0 saturated heterocycles. The fraction of sp³-hybridized carbons (Fsp3) is 0.308. The zero-order valence-corrected chi connectivity index (χ0v) is 12.3. The monoisotopic (exact) mass is 343 g/mol. The lowest BCUT2D eigenvalue weighted by atomic mass is 10.1. The maximum Gasteiger partial charge on any atom is 0.326 e. The summed E-state index contributed by atoms with van der Waals surface area (Å²) in [6.07, 6.45) is -0.103. The molecule has 0 aromatic heterocycles. The molecule has 0 unspecified atom stereocenters. The van der Waals surface area contributed by atoms with Crippen molar-refractivity contribution in [3.8, 4) is 0 Å². The minimum Gasteiger partial charge on any atom is -0.480 e. The van der Waals surface area contributed by atoms with Gasteiger partial charge in [-0.25, -0.2) is 4.79 Å². The molecular weight excluding hydrogens is 330 g/mol. The first-order chi connectivity index (χ1) is 9.43. The molecule has 0 heterocycles. The normalized spacial score (nSPS) is 11.5. The van der Waals surface area contributed by atoms with Crippen LogP contribution in [0.1, 0.15) is 23.2 Å². The lowest BCUT2D eigenvalue weighted by Gasteiger charge is -2.14. The summed E-state index contributed by atoms with van der Waals surface area (Å²) in [6.45, 7) is 0. The number of halogens is 1. The maximum absolute atomic E-state index is 11.9. The molecule has 0 aliphatic rings. The highest BCUT2D eigenvalue weighted by atomic mass is 79.9. The van der Waals surface area contributed by atoms with Gasteiger partial charge in [0.2, 0.25) is 0 Å². The Morgan fingerprint density at radius 1 is 1.40 bits per heavy atom. The van der Waals surface area contributed by atoms with E-state index in [0.717, 1.165) is 0 Å². The average Bonchev–Trinajstić information content (AvgIpc) is 2.42. The van der Waals surface area contributed by atoms with Crippen LogP contribution in [0.25, 0.3) is 0 Å². The van der Waals surface area contributed by atoms with Crippen molar-refractivity contribution >= 4 is 33.8 Å². The number of carboxylic acids is 1. The molecular formula is C13H14BrNO5. The Labute approximate surface area is 124 Å². The van der Waals surface area contributed by atoms with Crippen LogP contribution in [0, 0.1) is 0 Å². The SMILES string of the molecule is COC(=O)CC[C@H](NC(=O)c1cccc(Br)c1)C(=O)O. The Morgan fingerprint density at radius 3 is 2.65 bits per heavy atom. The molecule has 1 rings (SSSR count). The van der Waals surface area contributed by atoms with Crippen molar-refractivity contribution in [2.75, 3.05) is 7.11 Å². The Balaban J connectivity index is 2.68. The molecule has 20 heavy (non-hydrogen) atoms. The van der Waals surface area contributed by atoms with E-state index in [-0.39, 0.29) is 12.8 Å². The van der Waals surface area contributed by atoms with Gasteiger partial charge in [-0.2, -0.15) is 0 Å². The molecule has 0 radical (unpaired) electrons. The molecule has 0 aliphatic heterocycles. The van der Waals surface area contributed by atoms with E-state index in [2.05, 4.69) is 26.0 Å².